The molecule has 2 amide bonds. The second kappa shape index (κ2) is 5.21. The molecule has 2 N–H and O–H groups in total. The lowest BCUT2D eigenvalue weighted by Crippen LogP contribution is -2.52. The van der Waals surface area contributed by atoms with Gasteiger partial charge in [-0.15, -0.1) is 0 Å². The van der Waals surface area contributed by atoms with Gasteiger partial charge in [0.2, 0.25) is 0 Å². The molecule has 0 radical (unpaired) electrons. The van der Waals surface area contributed by atoms with Crippen LogP contribution >= 0.6 is 0 Å². The van der Waals surface area contributed by atoms with E-state index in [4.69, 9.17) is 9.84 Å². The van der Waals surface area contributed by atoms with Gasteiger partial charge in [0.05, 0.1) is 19.3 Å². The van der Waals surface area contributed by atoms with E-state index >= 15 is 0 Å². The number of aliphatic carboxylic acids is 1. The normalized spacial score (nSPS) is 37.0. The number of ether oxygens (including phenoxy) is 1. The second-order valence-corrected chi connectivity index (χ2v) is 5.90. The fourth-order valence-electron chi connectivity index (χ4n) is 3.57. The zero-order valence-electron chi connectivity index (χ0n) is 11.3. The number of amides is 2. The maximum absolute atomic E-state index is 12.4. The van der Waals surface area contributed by atoms with Crippen LogP contribution in [0.5, 0.6) is 0 Å². The lowest BCUT2D eigenvalue weighted by atomic mass is 10.00. The summed E-state index contributed by atoms with van der Waals surface area (Å²) in [6.07, 6.45) is 0.571. The monoisotopic (exact) mass is 284 g/mol. The van der Waals surface area contributed by atoms with Crippen LogP contribution in [0.3, 0.4) is 0 Å². The van der Waals surface area contributed by atoms with E-state index in [0.717, 1.165) is 12.8 Å². The molecule has 3 rings (SSSR count). The molecule has 3 aliphatic rings. The predicted molar refractivity (Wildman–Crippen MR) is 68.1 cm³/mol. The molecule has 0 bridgehead atoms. The molecule has 2 aliphatic heterocycles. The summed E-state index contributed by atoms with van der Waals surface area (Å²) in [4.78, 5) is 26.7. The number of aliphatic hydroxyl groups is 1. The number of hydrogen-bond acceptors (Lipinski definition) is 4. The number of carboxylic acid groups (broad SMARTS) is 1. The van der Waals surface area contributed by atoms with Gasteiger partial charge in [-0.05, 0) is 18.8 Å². The van der Waals surface area contributed by atoms with Crippen molar-refractivity contribution in [3.63, 3.8) is 0 Å². The Balaban J connectivity index is 1.61. The van der Waals surface area contributed by atoms with Crippen LogP contribution in [0.1, 0.15) is 12.8 Å². The largest absolute Gasteiger partial charge is 0.479 e. The van der Waals surface area contributed by atoms with Gasteiger partial charge in [-0.25, -0.2) is 9.59 Å². The van der Waals surface area contributed by atoms with Gasteiger partial charge in [0.15, 0.2) is 6.10 Å². The van der Waals surface area contributed by atoms with Crippen molar-refractivity contribution in [3.8, 4) is 0 Å². The Morgan fingerprint density at radius 2 is 1.90 bits per heavy atom. The quantitative estimate of drug-likeness (QED) is 0.683. The molecule has 3 fully saturated rings. The third-order valence-electron chi connectivity index (χ3n) is 4.70. The molecule has 7 nitrogen and oxygen atoms in total. The van der Waals surface area contributed by atoms with Gasteiger partial charge >= 0.3 is 12.0 Å². The molecule has 2 saturated heterocycles. The number of carbonyl (C=O) groups excluding carboxylic acids is 1. The van der Waals surface area contributed by atoms with Crippen molar-refractivity contribution in [2.24, 2.45) is 11.8 Å². The number of fused-ring (bicyclic) bond motifs is 1. The van der Waals surface area contributed by atoms with Crippen molar-refractivity contribution in [2.75, 3.05) is 32.8 Å². The Hall–Kier alpha value is -1.34. The summed E-state index contributed by atoms with van der Waals surface area (Å²) in [5.74, 6) is -0.447. The molecule has 4 unspecified atom stereocenters. The van der Waals surface area contributed by atoms with Crippen LogP contribution in [0.4, 0.5) is 4.79 Å². The summed E-state index contributed by atoms with van der Waals surface area (Å²) >= 11 is 0. The van der Waals surface area contributed by atoms with Crippen LogP contribution in [-0.2, 0) is 9.53 Å². The highest BCUT2D eigenvalue weighted by Crippen LogP contribution is 2.38. The van der Waals surface area contributed by atoms with Crippen LogP contribution in [0, 0.1) is 11.8 Å². The first-order valence-corrected chi connectivity index (χ1v) is 7.12. The summed E-state index contributed by atoms with van der Waals surface area (Å²) in [5.41, 5.74) is 0. The molecule has 0 aromatic rings. The van der Waals surface area contributed by atoms with Gasteiger partial charge in [-0.3, -0.25) is 0 Å². The van der Waals surface area contributed by atoms with E-state index in [1.165, 1.54) is 0 Å². The number of carboxylic acids is 1. The Labute approximate surface area is 117 Å². The molecule has 0 aromatic heterocycles. The first-order valence-electron chi connectivity index (χ1n) is 7.12. The first kappa shape index (κ1) is 13.6. The number of urea groups is 1. The number of hydrogen-bond donors (Lipinski definition) is 2. The highest BCUT2D eigenvalue weighted by molar-refractivity contribution is 5.77. The predicted octanol–water partition coefficient (Wildman–Crippen LogP) is -0.406. The van der Waals surface area contributed by atoms with Gasteiger partial charge in [0.25, 0.3) is 0 Å². The summed E-state index contributed by atoms with van der Waals surface area (Å²) in [6.45, 7) is 2.04. The van der Waals surface area contributed by atoms with E-state index < -0.39 is 12.1 Å². The molecule has 20 heavy (non-hydrogen) atoms. The highest BCUT2D eigenvalue weighted by atomic mass is 16.5. The zero-order valence-corrected chi connectivity index (χ0v) is 11.3. The standard InChI is InChI=1S/C13H20N2O5/c16-10-2-1-8-5-15(6-9(8)10)13(19)14-3-4-20-11(7-14)12(17)18/h8-11,16H,1-7H2,(H,17,18). The summed E-state index contributed by atoms with van der Waals surface area (Å²) < 4.78 is 5.12. The minimum atomic E-state index is -1.03. The molecular weight excluding hydrogens is 264 g/mol. The molecule has 4 atom stereocenters. The first-order chi connectivity index (χ1) is 9.56. The molecule has 0 spiro atoms. The molecule has 112 valence electrons. The third kappa shape index (κ3) is 2.35. The minimum absolute atomic E-state index is 0.0998. The number of rotatable bonds is 1. The van der Waals surface area contributed by atoms with Crippen LogP contribution in [0.25, 0.3) is 0 Å². The third-order valence-corrected chi connectivity index (χ3v) is 4.70. The minimum Gasteiger partial charge on any atom is -0.479 e. The molecule has 1 aliphatic carbocycles. The van der Waals surface area contributed by atoms with Crippen molar-refractivity contribution in [3.05, 3.63) is 0 Å². The fourth-order valence-corrected chi connectivity index (χ4v) is 3.57. The van der Waals surface area contributed by atoms with Crippen molar-refractivity contribution < 1.29 is 24.5 Å². The van der Waals surface area contributed by atoms with Crippen molar-refractivity contribution in [1.82, 2.24) is 9.80 Å². The molecule has 1 saturated carbocycles. The summed E-state index contributed by atoms with van der Waals surface area (Å²) in [6, 6.07) is -0.124. The maximum Gasteiger partial charge on any atom is 0.334 e. The summed E-state index contributed by atoms with van der Waals surface area (Å²) in [5, 5.41) is 18.8. The van der Waals surface area contributed by atoms with E-state index in [9.17, 15) is 14.7 Å². The lowest BCUT2D eigenvalue weighted by molar-refractivity contribution is -0.154. The Kier molecular flexibility index (Phi) is 3.55. The Morgan fingerprint density at radius 3 is 2.60 bits per heavy atom. The number of aliphatic hydroxyl groups excluding tert-OH is 1. The average molecular weight is 284 g/mol. The smallest absolute Gasteiger partial charge is 0.334 e. The van der Waals surface area contributed by atoms with Gasteiger partial charge in [-0.2, -0.15) is 0 Å². The van der Waals surface area contributed by atoms with E-state index in [-0.39, 0.29) is 31.2 Å². The highest BCUT2D eigenvalue weighted by Gasteiger charge is 2.44. The Bertz CT molecular complexity index is 416. The lowest BCUT2D eigenvalue weighted by Gasteiger charge is -2.34. The molecular formula is C13H20N2O5. The van der Waals surface area contributed by atoms with Crippen molar-refractivity contribution in [2.45, 2.75) is 25.0 Å². The van der Waals surface area contributed by atoms with Gasteiger partial charge in [0, 0.05) is 25.6 Å². The number of nitrogens with zero attached hydrogens (tertiary/aromatic N) is 2. The zero-order chi connectivity index (χ0) is 14.3. The van der Waals surface area contributed by atoms with Gasteiger partial charge in [-0.1, -0.05) is 0 Å². The van der Waals surface area contributed by atoms with E-state index in [1.807, 2.05) is 0 Å². The van der Waals surface area contributed by atoms with Crippen LogP contribution in [0.2, 0.25) is 0 Å². The fraction of sp³-hybridized carbons (Fsp3) is 0.846. The van der Waals surface area contributed by atoms with E-state index in [2.05, 4.69) is 0 Å². The SMILES string of the molecule is O=C(O)C1CN(C(=O)N2CC3CCC(O)C3C2)CCO1. The average Bonchev–Trinajstić information content (AvgIpc) is 3.01. The van der Waals surface area contributed by atoms with Crippen molar-refractivity contribution >= 4 is 12.0 Å². The van der Waals surface area contributed by atoms with Crippen LogP contribution in [-0.4, -0.2) is 77.0 Å². The number of likely N-dealkylation sites (tertiary alicyclic amines) is 1. The van der Waals surface area contributed by atoms with E-state index in [1.54, 1.807) is 9.80 Å². The molecule has 7 heteroatoms. The second-order valence-electron chi connectivity index (χ2n) is 5.90. The molecule has 2 heterocycles. The summed E-state index contributed by atoms with van der Waals surface area (Å²) in [7, 11) is 0. The van der Waals surface area contributed by atoms with Crippen LogP contribution in [0.15, 0.2) is 0 Å². The van der Waals surface area contributed by atoms with Gasteiger partial charge in [0.1, 0.15) is 0 Å². The number of morpholine rings is 1. The maximum atomic E-state index is 12.4. The van der Waals surface area contributed by atoms with Crippen LogP contribution < -0.4 is 0 Å². The Morgan fingerprint density at radius 1 is 1.10 bits per heavy atom. The van der Waals surface area contributed by atoms with Gasteiger partial charge < -0.3 is 24.7 Å². The van der Waals surface area contributed by atoms with Crippen molar-refractivity contribution in [1.29, 1.82) is 0 Å². The topological polar surface area (TPSA) is 90.3 Å². The molecule has 0 aromatic carbocycles. The number of carbonyl (C=O) groups is 2. The van der Waals surface area contributed by atoms with E-state index in [0.29, 0.717) is 25.6 Å².